The fraction of sp³-hybridized carbons (Fsp3) is 0.294. The van der Waals surface area contributed by atoms with Crippen LogP contribution < -0.4 is 9.64 Å². The van der Waals surface area contributed by atoms with Gasteiger partial charge >= 0.3 is 0 Å². The van der Waals surface area contributed by atoms with Crippen molar-refractivity contribution in [3.05, 3.63) is 54.6 Å². The summed E-state index contributed by atoms with van der Waals surface area (Å²) in [7, 11) is 1.68. The Hall–Kier alpha value is -2.00. The van der Waals surface area contributed by atoms with Gasteiger partial charge in [-0.25, -0.2) is 0 Å². The number of para-hydroxylation sites is 1. The zero-order valence-electron chi connectivity index (χ0n) is 12.1. The topological polar surface area (TPSA) is 21.7 Å². The molecule has 0 spiro atoms. The third kappa shape index (κ3) is 3.75. The molecule has 2 rings (SSSR count). The van der Waals surface area contributed by atoms with Gasteiger partial charge in [-0.1, -0.05) is 18.2 Å². The molecule has 2 aromatic rings. The van der Waals surface area contributed by atoms with Gasteiger partial charge in [0.15, 0.2) is 0 Å². The van der Waals surface area contributed by atoms with Gasteiger partial charge in [0.05, 0.1) is 13.7 Å². The Labute approximate surface area is 120 Å². The smallest absolute Gasteiger partial charge is 0.119 e. The number of methoxy groups -OCH3 is 1. The number of nitrogens with zero attached hydrogens (tertiary/aromatic N) is 1. The van der Waals surface area contributed by atoms with Crippen LogP contribution in [-0.4, -0.2) is 26.9 Å². The molecular formula is C17H21NO2. The van der Waals surface area contributed by atoms with Crippen molar-refractivity contribution in [3.63, 3.8) is 0 Å². The third-order valence-corrected chi connectivity index (χ3v) is 3.12. The first-order valence-corrected chi connectivity index (χ1v) is 6.89. The SMILES string of the molecule is CCOCCN(c1ccccc1)c1ccc(OC)cc1. The average molecular weight is 271 g/mol. The number of hydrogen-bond acceptors (Lipinski definition) is 3. The second-order valence-electron chi connectivity index (χ2n) is 4.38. The number of hydrogen-bond donors (Lipinski definition) is 0. The molecule has 0 aliphatic heterocycles. The van der Waals surface area contributed by atoms with E-state index in [1.807, 2.05) is 37.3 Å². The van der Waals surface area contributed by atoms with Crippen LogP contribution in [0.2, 0.25) is 0 Å². The van der Waals surface area contributed by atoms with E-state index < -0.39 is 0 Å². The molecular weight excluding hydrogens is 250 g/mol. The predicted octanol–water partition coefficient (Wildman–Crippen LogP) is 3.87. The van der Waals surface area contributed by atoms with E-state index in [0.29, 0.717) is 6.61 Å². The van der Waals surface area contributed by atoms with Crippen LogP contribution in [0.3, 0.4) is 0 Å². The van der Waals surface area contributed by atoms with Crippen molar-refractivity contribution >= 4 is 11.4 Å². The molecule has 106 valence electrons. The lowest BCUT2D eigenvalue weighted by atomic mass is 10.2. The minimum atomic E-state index is 0.706. The highest BCUT2D eigenvalue weighted by Gasteiger charge is 2.08. The molecule has 0 radical (unpaired) electrons. The molecule has 0 saturated carbocycles. The quantitative estimate of drug-likeness (QED) is 0.714. The van der Waals surface area contributed by atoms with Gasteiger partial charge in [0, 0.05) is 24.5 Å². The summed E-state index contributed by atoms with van der Waals surface area (Å²) in [5.74, 6) is 0.867. The maximum Gasteiger partial charge on any atom is 0.119 e. The number of ether oxygens (including phenoxy) is 2. The zero-order chi connectivity index (χ0) is 14.2. The summed E-state index contributed by atoms with van der Waals surface area (Å²) in [6, 6.07) is 18.4. The Morgan fingerprint density at radius 1 is 0.900 bits per heavy atom. The van der Waals surface area contributed by atoms with Crippen molar-refractivity contribution in [1.82, 2.24) is 0 Å². The number of benzene rings is 2. The summed E-state index contributed by atoms with van der Waals surface area (Å²) in [6.07, 6.45) is 0. The van der Waals surface area contributed by atoms with Crippen LogP contribution in [0.1, 0.15) is 6.92 Å². The van der Waals surface area contributed by atoms with Crippen LogP contribution in [0.5, 0.6) is 5.75 Å². The lowest BCUT2D eigenvalue weighted by Crippen LogP contribution is -2.22. The van der Waals surface area contributed by atoms with E-state index in [1.54, 1.807) is 7.11 Å². The molecule has 3 heteroatoms. The summed E-state index contributed by atoms with van der Waals surface area (Å²) in [5.41, 5.74) is 2.30. The molecule has 0 fully saturated rings. The summed E-state index contributed by atoms with van der Waals surface area (Å²) in [4.78, 5) is 2.25. The molecule has 0 amide bonds. The van der Waals surface area contributed by atoms with Crippen molar-refractivity contribution in [1.29, 1.82) is 0 Å². The molecule has 0 atom stereocenters. The fourth-order valence-electron chi connectivity index (χ4n) is 2.08. The number of anilines is 2. The normalized spacial score (nSPS) is 10.3. The van der Waals surface area contributed by atoms with Gasteiger partial charge in [-0.05, 0) is 43.3 Å². The van der Waals surface area contributed by atoms with Crippen LogP contribution in [0.4, 0.5) is 11.4 Å². The molecule has 0 unspecified atom stereocenters. The van der Waals surface area contributed by atoms with Crippen molar-refractivity contribution in [2.75, 3.05) is 31.8 Å². The zero-order valence-corrected chi connectivity index (χ0v) is 12.1. The third-order valence-electron chi connectivity index (χ3n) is 3.12. The second-order valence-corrected chi connectivity index (χ2v) is 4.38. The molecule has 0 aliphatic rings. The standard InChI is InChI=1S/C17H21NO2/c1-3-20-14-13-18(15-7-5-4-6-8-15)16-9-11-17(19-2)12-10-16/h4-12H,3,13-14H2,1-2H3. The Morgan fingerprint density at radius 3 is 2.15 bits per heavy atom. The molecule has 2 aromatic carbocycles. The van der Waals surface area contributed by atoms with Gasteiger partial charge < -0.3 is 14.4 Å². The van der Waals surface area contributed by atoms with E-state index in [1.165, 1.54) is 0 Å². The van der Waals surface area contributed by atoms with Crippen molar-refractivity contribution in [3.8, 4) is 5.75 Å². The van der Waals surface area contributed by atoms with Gasteiger partial charge in [0.25, 0.3) is 0 Å². The van der Waals surface area contributed by atoms with Crippen molar-refractivity contribution in [2.24, 2.45) is 0 Å². The van der Waals surface area contributed by atoms with E-state index in [0.717, 1.165) is 30.3 Å². The molecule has 20 heavy (non-hydrogen) atoms. The van der Waals surface area contributed by atoms with Crippen LogP contribution in [0.15, 0.2) is 54.6 Å². The first-order valence-electron chi connectivity index (χ1n) is 6.89. The highest BCUT2D eigenvalue weighted by Crippen LogP contribution is 2.26. The average Bonchev–Trinajstić information content (AvgIpc) is 2.53. The Balaban J connectivity index is 2.20. The molecule has 0 bridgehead atoms. The summed E-state index contributed by atoms with van der Waals surface area (Å²) in [6.45, 7) is 4.28. The van der Waals surface area contributed by atoms with Gasteiger partial charge in [0.2, 0.25) is 0 Å². The lowest BCUT2D eigenvalue weighted by molar-refractivity contribution is 0.155. The first kappa shape index (κ1) is 14.4. The van der Waals surface area contributed by atoms with Crippen LogP contribution in [-0.2, 0) is 4.74 Å². The van der Waals surface area contributed by atoms with Gasteiger partial charge in [-0.15, -0.1) is 0 Å². The molecule has 0 saturated heterocycles. The largest absolute Gasteiger partial charge is 0.497 e. The molecule has 0 heterocycles. The van der Waals surface area contributed by atoms with E-state index in [2.05, 4.69) is 29.2 Å². The minimum absolute atomic E-state index is 0.706. The van der Waals surface area contributed by atoms with E-state index in [4.69, 9.17) is 9.47 Å². The lowest BCUT2D eigenvalue weighted by Gasteiger charge is -2.25. The highest BCUT2D eigenvalue weighted by molar-refractivity contribution is 5.63. The molecule has 0 aromatic heterocycles. The van der Waals surface area contributed by atoms with Gasteiger partial charge in [0.1, 0.15) is 5.75 Å². The van der Waals surface area contributed by atoms with Crippen molar-refractivity contribution < 1.29 is 9.47 Å². The summed E-state index contributed by atoms with van der Waals surface area (Å²) < 4.78 is 10.7. The Bertz CT molecular complexity index is 496. The maximum atomic E-state index is 5.49. The summed E-state index contributed by atoms with van der Waals surface area (Å²) >= 11 is 0. The number of rotatable bonds is 7. The van der Waals surface area contributed by atoms with Crippen LogP contribution >= 0.6 is 0 Å². The Morgan fingerprint density at radius 2 is 1.55 bits per heavy atom. The molecule has 3 nitrogen and oxygen atoms in total. The molecule has 0 aliphatic carbocycles. The monoisotopic (exact) mass is 271 g/mol. The molecule has 0 N–H and O–H groups in total. The van der Waals surface area contributed by atoms with Crippen LogP contribution in [0, 0.1) is 0 Å². The van der Waals surface area contributed by atoms with Gasteiger partial charge in [-0.2, -0.15) is 0 Å². The summed E-state index contributed by atoms with van der Waals surface area (Å²) in [5, 5.41) is 0. The predicted molar refractivity (Wildman–Crippen MR) is 82.9 cm³/mol. The van der Waals surface area contributed by atoms with E-state index in [-0.39, 0.29) is 0 Å². The van der Waals surface area contributed by atoms with E-state index >= 15 is 0 Å². The van der Waals surface area contributed by atoms with E-state index in [9.17, 15) is 0 Å². The second kappa shape index (κ2) is 7.56. The fourth-order valence-corrected chi connectivity index (χ4v) is 2.08. The Kier molecular flexibility index (Phi) is 5.44. The van der Waals surface area contributed by atoms with Crippen LogP contribution in [0.25, 0.3) is 0 Å². The van der Waals surface area contributed by atoms with Gasteiger partial charge in [-0.3, -0.25) is 0 Å². The first-order chi connectivity index (χ1) is 9.85. The minimum Gasteiger partial charge on any atom is -0.497 e. The van der Waals surface area contributed by atoms with Crippen molar-refractivity contribution in [2.45, 2.75) is 6.92 Å². The highest BCUT2D eigenvalue weighted by atomic mass is 16.5. The maximum absolute atomic E-state index is 5.49.